The molecule has 0 bridgehead atoms. The monoisotopic (exact) mass is 222 g/mol. The van der Waals surface area contributed by atoms with Gasteiger partial charge in [0.05, 0.1) is 6.20 Å². The lowest BCUT2D eigenvalue weighted by Gasteiger charge is -2.04. The predicted molar refractivity (Wildman–Crippen MR) is 66.2 cm³/mol. The molecule has 1 aromatic rings. The van der Waals surface area contributed by atoms with E-state index in [-0.39, 0.29) is 0 Å². The van der Waals surface area contributed by atoms with Gasteiger partial charge in [0.2, 0.25) is 0 Å². The Morgan fingerprint density at radius 1 is 1.19 bits per heavy atom. The maximum atomic E-state index is 3.91. The average molecular weight is 222 g/mol. The summed E-state index contributed by atoms with van der Waals surface area (Å²) in [6.45, 7) is 6.84. The Balaban J connectivity index is 1.80. The van der Waals surface area contributed by atoms with E-state index in [2.05, 4.69) is 22.2 Å². The van der Waals surface area contributed by atoms with Crippen molar-refractivity contribution in [1.82, 2.24) is 20.3 Å². The van der Waals surface area contributed by atoms with Gasteiger partial charge in [-0.1, -0.05) is 17.7 Å². The summed E-state index contributed by atoms with van der Waals surface area (Å²) in [6.07, 6.45) is 11.7. The second-order valence-electron chi connectivity index (χ2n) is 3.91. The third kappa shape index (κ3) is 6.35. The third-order valence-electron chi connectivity index (χ3n) is 2.47. The molecule has 0 aliphatic heterocycles. The van der Waals surface area contributed by atoms with Crippen molar-refractivity contribution in [2.24, 2.45) is 0 Å². The molecule has 16 heavy (non-hydrogen) atoms. The van der Waals surface area contributed by atoms with E-state index in [1.54, 1.807) is 6.20 Å². The first-order chi connectivity index (χ1) is 7.93. The molecule has 1 rings (SSSR count). The topological polar surface area (TPSA) is 42.7 Å². The molecular weight excluding hydrogens is 200 g/mol. The van der Waals surface area contributed by atoms with Gasteiger partial charge < -0.3 is 5.32 Å². The van der Waals surface area contributed by atoms with Gasteiger partial charge in [0.1, 0.15) is 0 Å². The van der Waals surface area contributed by atoms with Crippen molar-refractivity contribution in [2.75, 3.05) is 13.1 Å². The van der Waals surface area contributed by atoms with Gasteiger partial charge in [-0.25, -0.2) is 0 Å². The molecule has 0 saturated heterocycles. The lowest BCUT2D eigenvalue weighted by Crippen LogP contribution is -2.18. The fraction of sp³-hybridized carbons (Fsp3) is 0.667. The van der Waals surface area contributed by atoms with Crippen LogP contribution in [-0.2, 0) is 6.54 Å². The lowest BCUT2D eigenvalue weighted by molar-refractivity contribution is 0.521. The molecule has 0 aromatic carbocycles. The number of nitrogens with zero attached hydrogens (tertiary/aromatic N) is 3. The van der Waals surface area contributed by atoms with Gasteiger partial charge in [-0.05, 0) is 38.8 Å². The van der Waals surface area contributed by atoms with E-state index in [9.17, 15) is 0 Å². The van der Waals surface area contributed by atoms with E-state index in [0.717, 1.165) is 32.5 Å². The van der Waals surface area contributed by atoms with E-state index < -0.39 is 0 Å². The molecule has 4 heteroatoms. The highest BCUT2D eigenvalue weighted by Crippen LogP contribution is 1.98. The lowest BCUT2D eigenvalue weighted by atomic mass is 10.2. The maximum absolute atomic E-state index is 3.91. The molecule has 0 spiro atoms. The van der Waals surface area contributed by atoms with Crippen molar-refractivity contribution in [3.05, 3.63) is 25.0 Å². The smallest absolute Gasteiger partial charge is 0.0692 e. The molecule has 0 amide bonds. The standard InChI is InChI=1S/C12H22N4/c1-2-3-4-5-6-8-13-9-7-11-16-12-10-14-15-16/h2,10,12-13H,1,3-9,11H2. The fourth-order valence-electron chi connectivity index (χ4n) is 1.56. The Kier molecular flexibility index (Phi) is 7.34. The number of hydrogen-bond acceptors (Lipinski definition) is 3. The zero-order valence-electron chi connectivity index (χ0n) is 9.94. The summed E-state index contributed by atoms with van der Waals surface area (Å²) in [5.41, 5.74) is 0. The minimum Gasteiger partial charge on any atom is -0.317 e. The van der Waals surface area contributed by atoms with Gasteiger partial charge in [0.15, 0.2) is 0 Å². The van der Waals surface area contributed by atoms with Crippen LogP contribution in [0.5, 0.6) is 0 Å². The molecule has 4 nitrogen and oxygen atoms in total. The Labute approximate surface area is 97.7 Å². The predicted octanol–water partition coefficient (Wildman–Crippen LogP) is 2.00. The number of rotatable bonds is 10. The minimum atomic E-state index is 0.948. The van der Waals surface area contributed by atoms with Gasteiger partial charge in [-0.3, -0.25) is 4.68 Å². The molecule has 1 heterocycles. The number of unbranched alkanes of at least 4 members (excludes halogenated alkanes) is 3. The number of allylic oxidation sites excluding steroid dienone is 1. The highest BCUT2D eigenvalue weighted by atomic mass is 15.4. The molecule has 0 saturated carbocycles. The van der Waals surface area contributed by atoms with Crippen LogP contribution < -0.4 is 5.32 Å². The first-order valence-electron chi connectivity index (χ1n) is 6.09. The molecule has 0 unspecified atom stereocenters. The normalized spacial score (nSPS) is 10.5. The molecule has 0 aliphatic rings. The summed E-state index contributed by atoms with van der Waals surface area (Å²) in [7, 11) is 0. The molecule has 0 aliphatic carbocycles. The van der Waals surface area contributed by atoms with Gasteiger partial charge in [0, 0.05) is 12.7 Å². The summed E-state index contributed by atoms with van der Waals surface area (Å²) in [5, 5.41) is 11.1. The van der Waals surface area contributed by atoms with E-state index in [1.807, 2.05) is 17.0 Å². The number of nitrogens with one attached hydrogen (secondary N) is 1. The minimum absolute atomic E-state index is 0.948. The van der Waals surface area contributed by atoms with E-state index in [4.69, 9.17) is 0 Å². The summed E-state index contributed by atoms with van der Waals surface area (Å²) >= 11 is 0. The number of hydrogen-bond donors (Lipinski definition) is 1. The molecule has 0 fully saturated rings. The Morgan fingerprint density at radius 2 is 2.06 bits per heavy atom. The first-order valence-corrected chi connectivity index (χ1v) is 6.09. The van der Waals surface area contributed by atoms with Crippen LogP contribution >= 0.6 is 0 Å². The highest BCUT2D eigenvalue weighted by Gasteiger charge is 1.92. The Morgan fingerprint density at radius 3 is 2.81 bits per heavy atom. The Bertz CT molecular complexity index is 256. The van der Waals surface area contributed by atoms with Crippen LogP contribution in [0, 0.1) is 0 Å². The summed E-state index contributed by atoms with van der Waals surface area (Å²) in [4.78, 5) is 0. The van der Waals surface area contributed by atoms with Crippen molar-refractivity contribution in [3.8, 4) is 0 Å². The van der Waals surface area contributed by atoms with E-state index in [0.29, 0.717) is 0 Å². The second kappa shape index (κ2) is 9.09. The van der Waals surface area contributed by atoms with Crippen LogP contribution in [0.15, 0.2) is 25.0 Å². The van der Waals surface area contributed by atoms with Crippen molar-refractivity contribution in [1.29, 1.82) is 0 Å². The zero-order chi connectivity index (χ0) is 11.5. The average Bonchev–Trinajstić information content (AvgIpc) is 2.80. The van der Waals surface area contributed by atoms with Gasteiger partial charge in [0.25, 0.3) is 0 Å². The van der Waals surface area contributed by atoms with Crippen LogP contribution in [0.4, 0.5) is 0 Å². The van der Waals surface area contributed by atoms with Gasteiger partial charge in [-0.2, -0.15) is 0 Å². The molecule has 90 valence electrons. The van der Waals surface area contributed by atoms with Crippen LogP contribution in [0.3, 0.4) is 0 Å². The largest absolute Gasteiger partial charge is 0.317 e. The molecule has 1 aromatic heterocycles. The quantitative estimate of drug-likeness (QED) is 0.486. The van der Waals surface area contributed by atoms with Crippen LogP contribution in [0.1, 0.15) is 32.1 Å². The summed E-state index contributed by atoms with van der Waals surface area (Å²) < 4.78 is 1.87. The molecule has 1 N–H and O–H groups in total. The SMILES string of the molecule is C=CCCCCCNCCCn1ccnn1. The second-order valence-corrected chi connectivity index (χ2v) is 3.91. The van der Waals surface area contributed by atoms with Gasteiger partial charge >= 0.3 is 0 Å². The molecule has 0 atom stereocenters. The summed E-state index contributed by atoms with van der Waals surface area (Å²) in [6, 6.07) is 0. The molecular formula is C12H22N4. The molecule has 0 radical (unpaired) electrons. The van der Waals surface area contributed by atoms with E-state index in [1.165, 1.54) is 19.3 Å². The van der Waals surface area contributed by atoms with E-state index >= 15 is 0 Å². The number of aryl methyl sites for hydroxylation is 1. The zero-order valence-corrected chi connectivity index (χ0v) is 9.94. The van der Waals surface area contributed by atoms with Crippen molar-refractivity contribution in [3.63, 3.8) is 0 Å². The highest BCUT2D eigenvalue weighted by molar-refractivity contribution is 4.66. The van der Waals surface area contributed by atoms with Crippen molar-refractivity contribution >= 4 is 0 Å². The third-order valence-corrected chi connectivity index (χ3v) is 2.47. The van der Waals surface area contributed by atoms with Gasteiger partial charge in [-0.15, -0.1) is 11.7 Å². The summed E-state index contributed by atoms with van der Waals surface area (Å²) in [5.74, 6) is 0. The maximum Gasteiger partial charge on any atom is 0.0692 e. The fourth-order valence-corrected chi connectivity index (χ4v) is 1.56. The van der Waals surface area contributed by atoms with Crippen molar-refractivity contribution < 1.29 is 0 Å². The van der Waals surface area contributed by atoms with Crippen LogP contribution in [0.25, 0.3) is 0 Å². The van der Waals surface area contributed by atoms with Crippen LogP contribution in [0.2, 0.25) is 0 Å². The first kappa shape index (κ1) is 12.9. The Hall–Kier alpha value is -1.16. The number of aromatic nitrogens is 3. The van der Waals surface area contributed by atoms with Crippen LogP contribution in [-0.4, -0.2) is 28.1 Å². The van der Waals surface area contributed by atoms with Crippen molar-refractivity contribution in [2.45, 2.75) is 38.6 Å².